The van der Waals surface area contributed by atoms with Crippen molar-refractivity contribution in [1.29, 1.82) is 0 Å². The second-order valence-corrected chi connectivity index (χ2v) is 8.04. The summed E-state index contributed by atoms with van der Waals surface area (Å²) in [5, 5.41) is 3.96. The summed E-state index contributed by atoms with van der Waals surface area (Å²) in [6.07, 6.45) is 8.46. The number of likely N-dealkylation sites (tertiary alicyclic amines) is 1. The summed E-state index contributed by atoms with van der Waals surface area (Å²) in [6, 6.07) is 1.53. The van der Waals surface area contributed by atoms with Crippen molar-refractivity contribution in [2.45, 2.75) is 76.9 Å². The Balaban J connectivity index is 1.73. The van der Waals surface area contributed by atoms with E-state index in [-0.39, 0.29) is 0 Å². The molecule has 2 aliphatic heterocycles. The minimum Gasteiger partial charge on any atom is -0.308 e. The molecule has 1 spiro atoms. The molecule has 0 amide bonds. The van der Waals surface area contributed by atoms with Crippen molar-refractivity contribution >= 4 is 0 Å². The van der Waals surface area contributed by atoms with Crippen LogP contribution in [-0.4, -0.2) is 60.1 Å². The van der Waals surface area contributed by atoms with E-state index in [0.717, 1.165) is 18.0 Å². The molecule has 1 N–H and O–H groups in total. The van der Waals surface area contributed by atoms with Crippen molar-refractivity contribution in [1.82, 2.24) is 15.1 Å². The average Bonchev–Trinajstić information content (AvgIpc) is 2.95. The number of piperidine rings is 1. The first-order chi connectivity index (χ1) is 10.1. The number of likely N-dealkylation sites (N-methyl/N-ethyl adjacent to an activating group) is 1. The molecule has 2 unspecified atom stereocenters. The molecule has 3 rings (SSSR count). The van der Waals surface area contributed by atoms with Crippen LogP contribution in [-0.2, 0) is 0 Å². The first-order valence-electron chi connectivity index (χ1n) is 9.37. The van der Waals surface area contributed by atoms with Crippen LogP contribution in [0.3, 0.4) is 0 Å². The molecule has 3 nitrogen and oxygen atoms in total. The standard InChI is InChI=1S/C18H35N3/c1-4-20-11-7-8-16(13-20)21-14-18(9-5-6-10-18)19-12-17(21)15(2)3/h15-17,19H,4-14H2,1-3H3. The molecule has 0 bridgehead atoms. The molecule has 0 aromatic rings. The third kappa shape index (κ3) is 3.30. The van der Waals surface area contributed by atoms with Gasteiger partial charge in [-0.2, -0.15) is 0 Å². The number of nitrogens with zero attached hydrogens (tertiary/aromatic N) is 2. The third-order valence-corrected chi connectivity index (χ3v) is 6.32. The summed E-state index contributed by atoms with van der Waals surface area (Å²) in [7, 11) is 0. The Morgan fingerprint density at radius 1 is 1.19 bits per heavy atom. The molecule has 3 aliphatic rings. The van der Waals surface area contributed by atoms with Crippen LogP contribution in [0, 0.1) is 5.92 Å². The fourth-order valence-electron chi connectivity index (χ4n) is 4.96. The first-order valence-corrected chi connectivity index (χ1v) is 9.37. The van der Waals surface area contributed by atoms with E-state index in [9.17, 15) is 0 Å². The van der Waals surface area contributed by atoms with Crippen LogP contribution in [0.25, 0.3) is 0 Å². The molecule has 1 saturated carbocycles. The number of hydrogen-bond acceptors (Lipinski definition) is 3. The topological polar surface area (TPSA) is 18.5 Å². The normalized spacial score (nSPS) is 34.9. The van der Waals surface area contributed by atoms with Crippen molar-refractivity contribution < 1.29 is 0 Å². The molecule has 2 heterocycles. The average molecular weight is 293 g/mol. The molecule has 122 valence electrons. The van der Waals surface area contributed by atoms with Crippen LogP contribution < -0.4 is 5.32 Å². The molecule has 3 heteroatoms. The molecule has 0 radical (unpaired) electrons. The van der Waals surface area contributed by atoms with Gasteiger partial charge >= 0.3 is 0 Å². The van der Waals surface area contributed by atoms with E-state index in [1.807, 2.05) is 0 Å². The minimum atomic E-state index is 0.458. The van der Waals surface area contributed by atoms with Crippen LogP contribution in [0.2, 0.25) is 0 Å². The largest absolute Gasteiger partial charge is 0.308 e. The summed E-state index contributed by atoms with van der Waals surface area (Å²) in [4.78, 5) is 5.59. The van der Waals surface area contributed by atoms with Gasteiger partial charge in [0.1, 0.15) is 0 Å². The Morgan fingerprint density at radius 2 is 1.95 bits per heavy atom. The summed E-state index contributed by atoms with van der Waals surface area (Å²) in [6.45, 7) is 13.5. The van der Waals surface area contributed by atoms with Gasteiger partial charge in [-0.05, 0) is 44.7 Å². The lowest BCUT2D eigenvalue weighted by Gasteiger charge is -2.52. The van der Waals surface area contributed by atoms with Gasteiger partial charge in [-0.15, -0.1) is 0 Å². The summed E-state index contributed by atoms with van der Waals surface area (Å²) in [5.74, 6) is 0.758. The second kappa shape index (κ2) is 6.55. The van der Waals surface area contributed by atoms with Crippen LogP contribution in [0.4, 0.5) is 0 Å². The van der Waals surface area contributed by atoms with Crippen molar-refractivity contribution in [3.05, 3.63) is 0 Å². The zero-order valence-corrected chi connectivity index (χ0v) is 14.4. The molecule has 2 atom stereocenters. The maximum atomic E-state index is 3.96. The fraction of sp³-hybridized carbons (Fsp3) is 1.00. The van der Waals surface area contributed by atoms with Gasteiger partial charge in [-0.25, -0.2) is 0 Å². The molecule has 3 fully saturated rings. The smallest absolute Gasteiger partial charge is 0.0309 e. The number of hydrogen-bond donors (Lipinski definition) is 1. The van der Waals surface area contributed by atoms with E-state index >= 15 is 0 Å². The van der Waals surface area contributed by atoms with Gasteiger partial charge in [0.15, 0.2) is 0 Å². The van der Waals surface area contributed by atoms with Crippen molar-refractivity contribution in [3.8, 4) is 0 Å². The maximum Gasteiger partial charge on any atom is 0.0309 e. The maximum absolute atomic E-state index is 3.96. The predicted molar refractivity (Wildman–Crippen MR) is 89.7 cm³/mol. The lowest BCUT2D eigenvalue weighted by atomic mass is 9.86. The summed E-state index contributed by atoms with van der Waals surface area (Å²) >= 11 is 0. The van der Waals surface area contributed by atoms with Gasteiger partial charge in [0.25, 0.3) is 0 Å². The van der Waals surface area contributed by atoms with Crippen LogP contribution in [0.1, 0.15) is 59.3 Å². The fourth-order valence-corrected chi connectivity index (χ4v) is 4.96. The van der Waals surface area contributed by atoms with E-state index in [4.69, 9.17) is 0 Å². The summed E-state index contributed by atoms with van der Waals surface area (Å²) < 4.78 is 0. The van der Waals surface area contributed by atoms with Gasteiger partial charge in [0, 0.05) is 37.3 Å². The van der Waals surface area contributed by atoms with Crippen molar-refractivity contribution in [3.63, 3.8) is 0 Å². The van der Waals surface area contributed by atoms with Crippen molar-refractivity contribution in [2.24, 2.45) is 5.92 Å². The first kappa shape index (κ1) is 15.8. The third-order valence-electron chi connectivity index (χ3n) is 6.32. The lowest BCUT2D eigenvalue weighted by molar-refractivity contribution is -0.00526. The highest BCUT2D eigenvalue weighted by atomic mass is 15.3. The molecule has 21 heavy (non-hydrogen) atoms. The van der Waals surface area contributed by atoms with Crippen LogP contribution in [0.5, 0.6) is 0 Å². The van der Waals surface area contributed by atoms with E-state index in [1.165, 1.54) is 71.2 Å². The molecule has 1 aliphatic carbocycles. The SMILES string of the molecule is CCN1CCCC(N2CC3(CCCC3)NCC2C(C)C)C1. The second-order valence-electron chi connectivity index (χ2n) is 8.04. The molecule has 2 saturated heterocycles. The van der Waals surface area contributed by atoms with Gasteiger partial charge in [-0.1, -0.05) is 33.6 Å². The number of nitrogens with one attached hydrogen (secondary N) is 1. The molecule has 0 aromatic heterocycles. The lowest BCUT2D eigenvalue weighted by Crippen LogP contribution is -2.68. The Bertz CT molecular complexity index is 335. The Hall–Kier alpha value is -0.120. The van der Waals surface area contributed by atoms with Gasteiger partial charge in [0.05, 0.1) is 0 Å². The molecular formula is C18H35N3. The number of rotatable bonds is 3. The minimum absolute atomic E-state index is 0.458. The Morgan fingerprint density at radius 3 is 2.62 bits per heavy atom. The van der Waals surface area contributed by atoms with E-state index < -0.39 is 0 Å². The highest BCUT2D eigenvalue weighted by Crippen LogP contribution is 2.36. The zero-order valence-electron chi connectivity index (χ0n) is 14.4. The predicted octanol–water partition coefficient (Wildman–Crippen LogP) is 2.71. The van der Waals surface area contributed by atoms with E-state index in [2.05, 4.69) is 35.9 Å². The highest BCUT2D eigenvalue weighted by Gasteiger charge is 2.44. The van der Waals surface area contributed by atoms with E-state index in [0.29, 0.717) is 5.54 Å². The van der Waals surface area contributed by atoms with E-state index in [1.54, 1.807) is 0 Å². The van der Waals surface area contributed by atoms with Gasteiger partial charge < -0.3 is 10.2 Å². The Kier molecular flexibility index (Phi) is 4.92. The van der Waals surface area contributed by atoms with Gasteiger partial charge in [0.2, 0.25) is 0 Å². The Labute approximate surface area is 131 Å². The quantitative estimate of drug-likeness (QED) is 0.863. The zero-order chi connectivity index (χ0) is 14.9. The number of piperazine rings is 1. The van der Waals surface area contributed by atoms with Crippen LogP contribution >= 0.6 is 0 Å². The van der Waals surface area contributed by atoms with Crippen molar-refractivity contribution in [2.75, 3.05) is 32.7 Å². The van der Waals surface area contributed by atoms with Crippen LogP contribution in [0.15, 0.2) is 0 Å². The molecular weight excluding hydrogens is 258 g/mol. The summed E-state index contributed by atoms with van der Waals surface area (Å²) in [5.41, 5.74) is 0.458. The molecule has 0 aromatic carbocycles. The monoisotopic (exact) mass is 293 g/mol. The highest BCUT2D eigenvalue weighted by molar-refractivity contribution is 5.03. The van der Waals surface area contributed by atoms with Gasteiger partial charge in [-0.3, -0.25) is 4.90 Å².